The number of benzene rings is 1. The number of carbonyl (C=O) groups excluding carboxylic acids is 1. The van der Waals surface area contributed by atoms with E-state index in [4.69, 9.17) is 4.74 Å². The summed E-state index contributed by atoms with van der Waals surface area (Å²) in [7, 11) is 1.45. The molecule has 0 aliphatic rings. The first-order valence-electron chi connectivity index (χ1n) is 4.68. The minimum atomic E-state index is -0.189. The monoisotopic (exact) mass is 234 g/mol. The van der Waals surface area contributed by atoms with Gasteiger partial charge in [0.25, 0.3) is 0 Å². The average Bonchev–Trinajstić information content (AvgIpc) is 2.82. The van der Waals surface area contributed by atoms with Gasteiger partial charge in [-0.2, -0.15) is 0 Å². The van der Waals surface area contributed by atoms with Crippen LogP contribution in [-0.2, 0) is 0 Å². The Morgan fingerprint density at radius 2 is 2.12 bits per heavy atom. The van der Waals surface area contributed by atoms with E-state index in [1.165, 1.54) is 18.4 Å². The van der Waals surface area contributed by atoms with Crippen molar-refractivity contribution in [1.29, 1.82) is 0 Å². The van der Waals surface area contributed by atoms with Gasteiger partial charge in [0.05, 0.1) is 17.6 Å². The second-order valence-corrected chi connectivity index (χ2v) is 4.11. The van der Waals surface area contributed by atoms with Crippen LogP contribution >= 0.6 is 11.3 Å². The smallest absolute Gasteiger partial charge is 0.206 e. The van der Waals surface area contributed by atoms with Crippen molar-refractivity contribution in [3.05, 3.63) is 46.2 Å². The summed E-state index contributed by atoms with van der Waals surface area (Å²) in [6.45, 7) is 0. The highest BCUT2D eigenvalue weighted by Gasteiger charge is 2.16. The van der Waals surface area contributed by atoms with Gasteiger partial charge in [-0.05, 0) is 23.6 Å². The molecule has 0 aliphatic carbocycles. The lowest BCUT2D eigenvalue weighted by atomic mass is 10.1. The molecule has 3 nitrogen and oxygen atoms in total. The lowest BCUT2D eigenvalue weighted by Gasteiger charge is -2.06. The molecule has 0 atom stereocenters. The Labute approximate surface area is 96.9 Å². The molecule has 2 rings (SSSR count). The first-order valence-corrected chi connectivity index (χ1v) is 5.56. The quantitative estimate of drug-likeness (QED) is 0.830. The number of phenols is 1. The third kappa shape index (κ3) is 1.79. The van der Waals surface area contributed by atoms with Crippen LogP contribution in [0.4, 0.5) is 0 Å². The molecule has 2 aromatic rings. The Morgan fingerprint density at radius 3 is 2.75 bits per heavy atom. The van der Waals surface area contributed by atoms with Gasteiger partial charge in [-0.3, -0.25) is 4.79 Å². The number of methoxy groups -OCH3 is 1. The van der Waals surface area contributed by atoms with Crippen LogP contribution < -0.4 is 4.74 Å². The minimum Gasteiger partial charge on any atom is -0.504 e. The summed E-state index contributed by atoms with van der Waals surface area (Å²) in [6, 6.07) is 8.40. The molecule has 0 spiro atoms. The molecule has 1 aromatic heterocycles. The van der Waals surface area contributed by atoms with Gasteiger partial charge >= 0.3 is 0 Å². The fourth-order valence-electron chi connectivity index (χ4n) is 1.41. The van der Waals surface area contributed by atoms with Gasteiger partial charge in [0, 0.05) is 0 Å². The first-order chi connectivity index (χ1) is 7.74. The summed E-state index contributed by atoms with van der Waals surface area (Å²) in [5.74, 6) is 0.0113. The molecule has 0 bridgehead atoms. The zero-order chi connectivity index (χ0) is 11.5. The largest absolute Gasteiger partial charge is 0.504 e. The molecule has 0 unspecified atom stereocenters. The lowest BCUT2D eigenvalue weighted by Crippen LogP contribution is -1.99. The number of aromatic hydroxyl groups is 1. The molecule has 0 amide bonds. The number of thiophene rings is 1. The molecule has 1 N–H and O–H groups in total. The molecule has 0 fully saturated rings. The molecule has 1 aromatic carbocycles. The zero-order valence-electron chi connectivity index (χ0n) is 8.64. The van der Waals surface area contributed by atoms with Crippen LogP contribution in [0.3, 0.4) is 0 Å². The maximum Gasteiger partial charge on any atom is 0.206 e. The second-order valence-electron chi connectivity index (χ2n) is 3.16. The predicted molar refractivity (Wildman–Crippen MR) is 62.4 cm³/mol. The van der Waals surface area contributed by atoms with Gasteiger partial charge in [0.1, 0.15) is 0 Å². The van der Waals surface area contributed by atoms with Crippen LogP contribution in [0.5, 0.6) is 11.5 Å². The van der Waals surface area contributed by atoms with E-state index in [-0.39, 0.29) is 17.1 Å². The summed E-state index contributed by atoms with van der Waals surface area (Å²) in [6.07, 6.45) is 0. The molecule has 4 heteroatoms. The molecular formula is C12H10O3S. The van der Waals surface area contributed by atoms with Gasteiger partial charge in [-0.25, -0.2) is 0 Å². The fourth-order valence-corrected chi connectivity index (χ4v) is 2.09. The van der Waals surface area contributed by atoms with Gasteiger partial charge in [0.15, 0.2) is 11.5 Å². The van der Waals surface area contributed by atoms with Crippen molar-refractivity contribution in [2.45, 2.75) is 0 Å². The molecular weight excluding hydrogens is 224 g/mol. The normalized spacial score (nSPS) is 10.1. The first kappa shape index (κ1) is 10.7. The molecule has 16 heavy (non-hydrogen) atoms. The molecule has 0 saturated heterocycles. The standard InChI is InChI=1S/C12H10O3S/c1-15-9-5-2-4-8(11(9)13)12(14)10-6-3-7-16-10/h2-7,13H,1H3. The minimum absolute atomic E-state index is 0.108. The second kappa shape index (κ2) is 4.37. The van der Waals surface area contributed by atoms with Crippen molar-refractivity contribution < 1.29 is 14.6 Å². The van der Waals surface area contributed by atoms with E-state index in [1.807, 2.05) is 5.38 Å². The van der Waals surface area contributed by atoms with E-state index >= 15 is 0 Å². The molecule has 0 saturated carbocycles. The highest BCUT2D eigenvalue weighted by atomic mass is 32.1. The van der Waals surface area contributed by atoms with Gasteiger partial charge in [-0.15, -0.1) is 11.3 Å². The average molecular weight is 234 g/mol. The van der Waals surface area contributed by atoms with Crippen molar-refractivity contribution >= 4 is 17.1 Å². The van der Waals surface area contributed by atoms with E-state index in [9.17, 15) is 9.90 Å². The third-order valence-electron chi connectivity index (χ3n) is 2.21. The van der Waals surface area contributed by atoms with Crippen molar-refractivity contribution in [2.75, 3.05) is 7.11 Å². The number of phenolic OH excluding ortho intramolecular Hbond substituents is 1. The maximum absolute atomic E-state index is 12.0. The summed E-state index contributed by atoms with van der Waals surface area (Å²) in [5.41, 5.74) is 0.266. The van der Waals surface area contributed by atoms with Gasteiger partial charge in [0.2, 0.25) is 5.78 Å². The number of ether oxygens (including phenoxy) is 1. The highest BCUT2D eigenvalue weighted by Crippen LogP contribution is 2.31. The number of hydrogen-bond donors (Lipinski definition) is 1. The van der Waals surface area contributed by atoms with E-state index in [0.717, 1.165) is 0 Å². The van der Waals surface area contributed by atoms with E-state index in [1.54, 1.807) is 30.3 Å². The molecule has 82 valence electrons. The predicted octanol–water partition coefficient (Wildman–Crippen LogP) is 2.69. The summed E-state index contributed by atoms with van der Waals surface area (Å²) >= 11 is 1.35. The van der Waals surface area contributed by atoms with Crippen molar-refractivity contribution in [2.24, 2.45) is 0 Å². The Bertz CT molecular complexity index is 503. The van der Waals surface area contributed by atoms with Crippen LogP contribution in [0.2, 0.25) is 0 Å². The molecule has 0 radical (unpaired) electrons. The van der Waals surface area contributed by atoms with Gasteiger partial charge in [-0.1, -0.05) is 12.1 Å². The Hall–Kier alpha value is -1.81. The number of rotatable bonds is 3. The van der Waals surface area contributed by atoms with Crippen molar-refractivity contribution in [1.82, 2.24) is 0 Å². The number of hydrogen-bond acceptors (Lipinski definition) is 4. The highest BCUT2D eigenvalue weighted by molar-refractivity contribution is 7.12. The van der Waals surface area contributed by atoms with Crippen LogP contribution in [0.1, 0.15) is 15.2 Å². The topological polar surface area (TPSA) is 46.5 Å². The lowest BCUT2D eigenvalue weighted by molar-refractivity contribution is 0.103. The zero-order valence-corrected chi connectivity index (χ0v) is 9.45. The van der Waals surface area contributed by atoms with Crippen molar-refractivity contribution in [3.8, 4) is 11.5 Å². The van der Waals surface area contributed by atoms with Gasteiger partial charge < -0.3 is 9.84 Å². The van der Waals surface area contributed by atoms with Crippen LogP contribution in [0.15, 0.2) is 35.7 Å². The summed E-state index contributed by atoms with van der Waals surface area (Å²) < 4.78 is 4.95. The van der Waals surface area contributed by atoms with E-state index in [0.29, 0.717) is 10.6 Å². The fraction of sp³-hybridized carbons (Fsp3) is 0.0833. The Kier molecular flexibility index (Phi) is 2.92. The maximum atomic E-state index is 12.0. The van der Waals surface area contributed by atoms with Crippen LogP contribution in [0.25, 0.3) is 0 Å². The van der Waals surface area contributed by atoms with Crippen LogP contribution in [-0.4, -0.2) is 18.0 Å². The Balaban J connectivity index is 2.45. The SMILES string of the molecule is COc1cccc(C(=O)c2cccs2)c1O. The van der Waals surface area contributed by atoms with E-state index < -0.39 is 0 Å². The number of carbonyl (C=O) groups is 1. The van der Waals surface area contributed by atoms with Crippen LogP contribution in [0, 0.1) is 0 Å². The third-order valence-corrected chi connectivity index (χ3v) is 3.08. The summed E-state index contributed by atoms with van der Waals surface area (Å²) in [4.78, 5) is 12.6. The van der Waals surface area contributed by atoms with E-state index in [2.05, 4.69) is 0 Å². The number of ketones is 1. The molecule has 1 heterocycles. The summed E-state index contributed by atoms with van der Waals surface area (Å²) in [5, 5.41) is 11.6. The number of para-hydroxylation sites is 1. The molecule has 0 aliphatic heterocycles. The van der Waals surface area contributed by atoms with Crippen molar-refractivity contribution in [3.63, 3.8) is 0 Å². The Morgan fingerprint density at radius 1 is 1.31 bits per heavy atom.